The van der Waals surface area contributed by atoms with Gasteiger partial charge in [0, 0.05) is 38.1 Å². The second kappa shape index (κ2) is 12.1. The molecule has 3 aromatic rings. The van der Waals surface area contributed by atoms with Crippen molar-refractivity contribution in [1.82, 2.24) is 15.1 Å². The van der Waals surface area contributed by atoms with Gasteiger partial charge >= 0.3 is 0 Å². The standard InChI is InChI=1S/C34H43N3O2/c1-36-17-5-10-32(36)15-16-35-34(38)31-19-26(24-39-33-14-13-28-8-4-9-30(28)20-33)22-37(23-31)21-25-11-12-27-6-2-3-7-29(27)18-25/h2-3,6-7,11-14,18,20,26,31-32H,4-5,8-10,15-17,19,21-24H2,1H3,(H,35,38)/t26-,31+,32?/m0/s1. The molecule has 206 valence electrons. The molecular formula is C34H43N3O2. The molecule has 0 spiro atoms. The van der Waals surface area contributed by atoms with Crippen molar-refractivity contribution >= 4 is 16.7 Å². The van der Waals surface area contributed by atoms with E-state index in [0.717, 1.165) is 51.2 Å². The van der Waals surface area contributed by atoms with Crippen LogP contribution < -0.4 is 10.1 Å². The van der Waals surface area contributed by atoms with Gasteiger partial charge in [0.05, 0.1) is 12.5 Å². The molecule has 0 saturated carbocycles. The van der Waals surface area contributed by atoms with Gasteiger partial charge in [-0.25, -0.2) is 0 Å². The smallest absolute Gasteiger partial charge is 0.224 e. The fourth-order valence-electron chi connectivity index (χ4n) is 7.04. The molecule has 1 unspecified atom stereocenters. The van der Waals surface area contributed by atoms with E-state index >= 15 is 0 Å². The van der Waals surface area contributed by atoms with Crippen molar-refractivity contribution in [3.05, 3.63) is 77.4 Å². The minimum absolute atomic E-state index is 0.00543. The number of nitrogens with one attached hydrogen (secondary N) is 1. The zero-order valence-electron chi connectivity index (χ0n) is 23.4. The molecule has 0 aromatic heterocycles. The van der Waals surface area contributed by atoms with E-state index < -0.39 is 0 Å². The lowest BCUT2D eigenvalue weighted by Gasteiger charge is -2.37. The van der Waals surface area contributed by atoms with Crippen LogP contribution in [0.2, 0.25) is 0 Å². The third-order valence-electron chi connectivity index (χ3n) is 9.21. The Labute approximate surface area is 233 Å². The van der Waals surface area contributed by atoms with Crippen molar-refractivity contribution in [2.45, 2.75) is 57.5 Å². The maximum Gasteiger partial charge on any atom is 0.224 e. The first-order valence-electron chi connectivity index (χ1n) is 15.0. The summed E-state index contributed by atoms with van der Waals surface area (Å²) < 4.78 is 6.35. The molecule has 39 heavy (non-hydrogen) atoms. The largest absolute Gasteiger partial charge is 0.493 e. The first-order chi connectivity index (χ1) is 19.1. The highest BCUT2D eigenvalue weighted by Crippen LogP contribution is 2.29. The van der Waals surface area contributed by atoms with Crippen LogP contribution >= 0.6 is 0 Å². The number of likely N-dealkylation sites (tertiary alicyclic amines) is 2. The van der Waals surface area contributed by atoms with Gasteiger partial charge in [-0.1, -0.05) is 42.5 Å². The summed E-state index contributed by atoms with van der Waals surface area (Å²) in [6.07, 6.45) is 8.04. The number of benzene rings is 3. The molecule has 1 aliphatic carbocycles. The lowest BCUT2D eigenvalue weighted by Crippen LogP contribution is -2.47. The normalized spacial score (nSPS) is 23.7. The van der Waals surface area contributed by atoms with Gasteiger partial charge < -0.3 is 15.0 Å². The molecule has 3 aliphatic rings. The summed E-state index contributed by atoms with van der Waals surface area (Å²) in [7, 11) is 2.21. The van der Waals surface area contributed by atoms with Gasteiger partial charge in [-0.15, -0.1) is 0 Å². The summed E-state index contributed by atoms with van der Waals surface area (Å²) in [6, 6.07) is 22.5. The highest BCUT2D eigenvalue weighted by atomic mass is 16.5. The quantitative estimate of drug-likeness (QED) is 0.404. The van der Waals surface area contributed by atoms with Gasteiger partial charge in [0.15, 0.2) is 0 Å². The highest BCUT2D eigenvalue weighted by Gasteiger charge is 2.32. The molecule has 2 heterocycles. The summed E-state index contributed by atoms with van der Waals surface area (Å²) in [5.74, 6) is 1.50. The van der Waals surface area contributed by atoms with E-state index in [2.05, 4.69) is 82.8 Å². The molecule has 3 aromatic carbocycles. The number of fused-ring (bicyclic) bond motifs is 2. The van der Waals surface area contributed by atoms with E-state index in [9.17, 15) is 4.79 Å². The molecular weight excluding hydrogens is 482 g/mol. The second-order valence-corrected chi connectivity index (χ2v) is 12.1. The minimum atomic E-state index is -0.00543. The molecule has 1 amide bonds. The Bertz CT molecular complexity index is 1290. The van der Waals surface area contributed by atoms with Gasteiger partial charge in [0.2, 0.25) is 5.91 Å². The Kier molecular flexibility index (Phi) is 8.17. The Morgan fingerprint density at radius 1 is 0.974 bits per heavy atom. The predicted molar refractivity (Wildman–Crippen MR) is 158 cm³/mol. The van der Waals surface area contributed by atoms with Crippen LogP contribution in [0.1, 0.15) is 48.8 Å². The fourth-order valence-corrected chi connectivity index (χ4v) is 7.04. The Morgan fingerprint density at radius 3 is 2.72 bits per heavy atom. The number of carbonyl (C=O) groups is 1. The Balaban J connectivity index is 1.11. The lowest BCUT2D eigenvalue weighted by atomic mass is 9.88. The number of amides is 1. The topological polar surface area (TPSA) is 44.8 Å². The molecule has 5 heteroatoms. The van der Waals surface area contributed by atoms with Gasteiger partial charge in [-0.2, -0.15) is 0 Å². The molecule has 0 bridgehead atoms. The highest BCUT2D eigenvalue weighted by molar-refractivity contribution is 5.83. The van der Waals surface area contributed by atoms with Gasteiger partial charge in [0.25, 0.3) is 0 Å². The van der Waals surface area contributed by atoms with Crippen LogP contribution in [0.4, 0.5) is 0 Å². The summed E-state index contributed by atoms with van der Waals surface area (Å²) in [5, 5.41) is 5.84. The van der Waals surface area contributed by atoms with Crippen LogP contribution in [-0.2, 0) is 24.2 Å². The van der Waals surface area contributed by atoms with Gasteiger partial charge in [0.1, 0.15) is 5.75 Å². The fraction of sp³-hybridized carbons (Fsp3) is 0.500. The first kappa shape index (κ1) is 26.3. The molecule has 6 rings (SSSR count). The molecule has 5 nitrogen and oxygen atoms in total. The zero-order chi connectivity index (χ0) is 26.6. The van der Waals surface area contributed by atoms with Crippen molar-refractivity contribution in [2.24, 2.45) is 11.8 Å². The van der Waals surface area contributed by atoms with Crippen molar-refractivity contribution < 1.29 is 9.53 Å². The average molecular weight is 526 g/mol. The van der Waals surface area contributed by atoms with Gasteiger partial charge in [-0.3, -0.25) is 9.69 Å². The number of carbonyl (C=O) groups excluding carboxylic acids is 1. The zero-order valence-corrected chi connectivity index (χ0v) is 23.4. The van der Waals surface area contributed by atoms with E-state index in [1.807, 2.05) is 0 Å². The van der Waals surface area contributed by atoms with E-state index in [1.165, 1.54) is 59.7 Å². The van der Waals surface area contributed by atoms with Crippen LogP contribution in [0.15, 0.2) is 60.7 Å². The van der Waals surface area contributed by atoms with E-state index in [0.29, 0.717) is 18.6 Å². The van der Waals surface area contributed by atoms with E-state index in [-0.39, 0.29) is 11.8 Å². The summed E-state index contributed by atoms with van der Waals surface area (Å²) in [5.41, 5.74) is 4.22. The third-order valence-corrected chi connectivity index (χ3v) is 9.21. The number of hydrogen-bond acceptors (Lipinski definition) is 4. The van der Waals surface area contributed by atoms with Crippen LogP contribution in [0.5, 0.6) is 5.75 Å². The van der Waals surface area contributed by atoms with E-state index in [4.69, 9.17) is 4.74 Å². The van der Waals surface area contributed by atoms with Crippen molar-refractivity contribution in [2.75, 3.05) is 39.8 Å². The molecule has 2 aliphatic heterocycles. The lowest BCUT2D eigenvalue weighted by molar-refractivity contribution is -0.127. The number of hydrogen-bond donors (Lipinski definition) is 1. The van der Waals surface area contributed by atoms with Crippen LogP contribution in [0.25, 0.3) is 10.8 Å². The number of nitrogens with zero attached hydrogens (tertiary/aromatic N) is 2. The van der Waals surface area contributed by atoms with Crippen molar-refractivity contribution in [1.29, 1.82) is 0 Å². The van der Waals surface area contributed by atoms with Crippen LogP contribution in [0.3, 0.4) is 0 Å². The van der Waals surface area contributed by atoms with Gasteiger partial charge in [-0.05, 0) is 104 Å². The molecule has 2 saturated heterocycles. The maximum absolute atomic E-state index is 13.4. The minimum Gasteiger partial charge on any atom is -0.493 e. The second-order valence-electron chi connectivity index (χ2n) is 12.1. The maximum atomic E-state index is 13.4. The molecule has 2 fully saturated rings. The number of rotatable bonds is 9. The van der Waals surface area contributed by atoms with Crippen LogP contribution in [0, 0.1) is 11.8 Å². The molecule has 3 atom stereocenters. The number of aryl methyl sites for hydroxylation is 2. The number of ether oxygens (including phenoxy) is 1. The predicted octanol–water partition coefficient (Wildman–Crippen LogP) is 5.45. The Morgan fingerprint density at radius 2 is 1.85 bits per heavy atom. The molecule has 1 N–H and O–H groups in total. The number of piperidine rings is 1. The summed E-state index contributed by atoms with van der Waals surface area (Å²) in [6.45, 7) is 5.22. The van der Waals surface area contributed by atoms with Crippen molar-refractivity contribution in [3.8, 4) is 5.75 Å². The molecule has 0 radical (unpaired) electrons. The first-order valence-corrected chi connectivity index (χ1v) is 15.0. The summed E-state index contributed by atoms with van der Waals surface area (Å²) in [4.78, 5) is 18.3. The SMILES string of the molecule is CN1CCCC1CCNC(=O)[C@@H]1C[C@H](COc2ccc3c(c2)CCC3)CN(Cc2ccc3ccccc3c2)C1. The van der Waals surface area contributed by atoms with E-state index in [1.54, 1.807) is 0 Å². The summed E-state index contributed by atoms with van der Waals surface area (Å²) >= 11 is 0. The Hall–Kier alpha value is -2.89. The average Bonchev–Trinajstić information content (AvgIpc) is 3.60. The van der Waals surface area contributed by atoms with Crippen LogP contribution in [-0.4, -0.2) is 61.6 Å². The third kappa shape index (κ3) is 6.47. The van der Waals surface area contributed by atoms with Crippen molar-refractivity contribution in [3.63, 3.8) is 0 Å². The monoisotopic (exact) mass is 525 g/mol.